The van der Waals surface area contributed by atoms with Gasteiger partial charge in [-0.25, -0.2) is 19.9 Å². The van der Waals surface area contributed by atoms with Crippen LogP contribution in [0.25, 0.3) is 0 Å². The highest BCUT2D eigenvalue weighted by atomic mass is 16.1. The van der Waals surface area contributed by atoms with Gasteiger partial charge in [-0.2, -0.15) is 0 Å². The monoisotopic (exact) mass is 341 g/mol. The molecule has 2 aromatic heterocycles. The summed E-state index contributed by atoms with van der Waals surface area (Å²) in [5, 5.41) is 2.86. The van der Waals surface area contributed by atoms with Gasteiger partial charge in [-0.05, 0) is 25.5 Å². The molecule has 1 saturated heterocycles. The SMILES string of the molecule is CCCNC(=O)c1cc(C)nc(N2CCN(c3ncccn3)CC2)n1. The molecule has 3 heterocycles. The molecule has 1 N–H and O–H groups in total. The van der Waals surface area contributed by atoms with E-state index in [4.69, 9.17) is 0 Å². The zero-order chi connectivity index (χ0) is 17.6. The molecular formula is C17H23N7O. The van der Waals surface area contributed by atoms with Gasteiger partial charge in [0.1, 0.15) is 5.69 Å². The van der Waals surface area contributed by atoms with E-state index >= 15 is 0 Å². The summed E-state index contributed by atoms with van der Waals surface area (Å²) in [5.41, 5.74) is 1.21. The molecule has 1 amide bonds. The van der Waals surface area contributed by atoms with Gasteiger partial charge in [0, 0.05) is 50.8 Å². The summed E-state index contributed by atoms with van der Waals surface area (Å²) < 4.78 is 0. The highest BCUT2D eigenvalue weighted by Gasteiger charge is 2.22. The molecule has 0 aliphatic carbocycles. The second kappa shape index (κ2) is 7.87. The Morgan fingerprint density at radius 2 is 1.72 bits per heavy atom. The zero-order valence-electron chi connectivity index (χ0n) is 14.6. The number of carbonyl (C=O) groups excluding carboxylic acids is 1. The molecule has 0 aromatic carbocycles. The van der Waals surface area contributed by atoms with E-state index in [0.29, 0.717) is 18.2 Å². The molecule has 0 radical (unpaired) electrons. The number of nitrogens with one attached hydrogen (secondary N) is 1. The van der Waals surface area contributed by atoms with Gasteiger partial charge in [-0.15, -0.1) is 0 Å². The predicted molar refractivity (Wildman–Crippen MR) is 95.9 cm³/mol. The van der Waals surface area contributed by atoms with Crippen LogP contribution in [-0.4, -0.2) is 58.6 Å². The van der Waals surface area contributed by atoms with Gasteiger partial charge >= 0.3 is 0 Å². The van der Waals surface area contributed by atoms with Gasteiger partial charge in [0.15, 0.2) is 0 Å². The number of rotatable bonds is 5. The summed E-state index contributed by atoms with van der Waals surface area (Å²) in [6.45, 7) is 7.66. The summed E-state index contributed by atoms with van der Waals surface area (Å²) in [7, 11) is 0. The van der Waals surface area contributed by atoms with Crippen molar-refractivity contribution in [1.82, 2.24) is 25.3 Å². The van der Waals surface area contributed by atoms with E-state index in [1.54, 1.807) is 18.5 Å². The maximum absolute atomic E-state index is 12.2. The lowest BCUT2D eigenvalue weighted by Gasteiger charge is -2.34. The number of carbonyl (C=O) groups is 1. The zero-order valence-corrected chi connectivity index (χ0v) is 14.6. The summed E-state index contributed by atoms with van der Waals surface area (Å²) in [6, 6.07) is 3.54. The van der Waals surface area contributed by atoms with Gasteiger partial charge in [-0.3, -0.25) is 4.79 Å². The van der Waals surface area contributed by atoms with E-state index in [1.807, 2.05) is 19.9 Å². The third kappa shape index (κ3) is 4.20. The highest BCUT2D eigenvalue weighted by Crippen LogP contribution is 2.15. The number of piperazine rings is 1. The van der Waals surface area contributed by atoms with Crippen LogP contribution in [0, 0.1) is 6.92 Å². The maximum Gasteiger partial charge on any atom is 0.270 e. The van der Waals surface area contributed by atoms with E-state index in [9.17, 15) is 4.79 Å². The summed E-state index contributed by atoms with van der Waals surface area (Å²) in [6.07, 6.45) is 4.39. The Hall–Kier alpha value is -2.77. The lowest BCUT2D eigenvalue weighted by Crippen LogP contribution is -2.47. The minimum Gasteiger partial charge on any atom is -0.351 e. The van der Waals surface area contributed by atoms with Crippen LogP contribution >= 0.6 is 0 Å². The van der Waals surface area contributed by atoms with Crippen molar-refractivity contribution in [2.24, 2.45) is 0 Å². The molecule has 0 unspecified atom stereocenters. The molecule has 2 aromatic rings. The molecule has 132 valence electrons. The number of hydrogen-bond donors (Lipinski definition) is 1. The fraction of sp³-hybridized carbons (Fsp3) is 0.471. The van der Waals surface area contributed by atoms with E-state index in [1.165, 1.54) is 0 Å². The minimum atomic E-state index is -0.148. The first-order valence-electron chi connectivity index (χ1n) is 8.58. The largest absolute Gasteiger partial charge is 0.351 e. The smallest absolute Gasteiger partial charge is 0.270 e. The van der Waals surface area contributed by atoms with Crippen LogP contribution < -0.4 is 15.1 Å². The van der Waals surface area contributed by atoms with Gasteiger partial charge in [0.25, 0.3) is 5.91 Å². The number of hydrogen-bond acceptors (Lipinski definition) is 7. The first kappa shape index (κ1) is 17.1. The lowest BCUT2D eigenvalue weighted by atomic mass is 10.3. The van der Waals surface area contributed by atoms with Crippen LogP contribution in [0.1, 0.15) is 29.5 Å². The van der Waals surface area contributed by atoms with Crippen LogP contribution in [0.3, 0.4) is 0 Å². The van der Waals surface area contributed by atoms with Crippen molar-refractivity contribution in [3.63, 3.8) is 0 Å². The quantitative estimate of drug-likeness (QED) is 0.869. The normalized spacial score (nSPS) is 14.5. The van der Waals surface area contributed by atoms with Crippen molar-refractivity contribution in [2.75, 3.05) is 42.5 Å². The van der Waals surface area contributed by atoms with Crippen LogP contribution in [0.5, 0.6) is 0 Å². The molecule has 3 rings (SSSR count). The van der Waals surface area contributed by atoms with Gasteiger partial charge in [-0.1, -0.05) is 6.92 Å². The number of aryl methyl sites for hydroxylation is 1. The molecule has 1 fully saturated rings. The Labute approximate surface area is 147 Å². The second-order valence-corrected chi connectivity index (χ2v) is 5.97. The van der Waals surface area contributed by atoms with Crippen molar-refractivity contribution in [2.45, 2.75) is 20.3 Å². The molecule has 0 atom stereocenters. The number of aromatic nitrogens is 4. The van der Waals surface area contributed by atoms with Crippen molar-refractivity contribution >= 4 is 17.8 Å². The van der Waals surface area contributed by atoms with Crippen LogP contribution in [-0.2, 0) is 0 Å². The summed E-state index contributed by atoms with van der Waals surface area (Å²) in [4.78, 5) is 34.0. The summed E-state index contributed by atoms with van der Waals surface area (Å²) >= 11 is 0. The Morgan fingerprint density at radius 3 is 2.36 bits per heavy atom. The molecular weight excluding hydrogens is 318 g/mol. The van der Waals surface area contributed by atoms with Crippen LogP contribution in [0.4, 0.5) is 11.9 Å². The van der Waals surface area contributed by atoms with E-state index in [2.05, 4.69) is 35.1 Å². The first-order chi connectivity index (χ1) is 12.2. The number of anilines is 2. The molecule has 1 aliphatic heterocycles. The van der Waals surface area contributed by atoms with Gasteiger partial charge < -0.3 is 15.1 Å². The fourth-order valence-electron chi connectivity index (χ4n) is 2.70. The molecule has 0 spiro atoms. The average molecular weight is 341 g/mol. The average Bonchev–Trinajstić information content (AvgIpc) is 2.66. The van der Waals surface area contributed by atoms with Gasteiger partial charge in [0.2, 0.25) is 11.9 Å². The van der Waals surface area contributed by atoms with Gasteiger partial charge in [0.05, 0.1) is 0 Å². The third-order valence-electron chi connectivity index (χ3n) is 4.01. The fourth-order valence-corrected chi connectivity index (χ4v) is 2.70. The molecule has 8 heteroatoms. The van der Waals surface area contributed by atoms with Crippen molar-refractivity contribution in [3.8, 4) is 0 Å². The minimum absolute atomic E-state index is 0.148. The molecule has 8 nitrogen and oxygen atoms in total. The maximum atomic E-state index is 12.2. The topological polar surface area (TPSA) is 87.1 Å². The van der Waals surface area contributed by atoms with E-state index in [-0.39, 0.29) is 5.91 Å². The predicted octanol–water partition coefficient (Wildman–Crippen LogP) is 1.04. The number of amides is 1. The van der Waals surface area contributed by atoms with Crippen LogP contribution in [0.15, 0.2) is 24.5 Å². The Bertz CT molecular complexity index is 714. The molecule has 1 aliphatic rings. The van der Waals surface area contributed by atoms with Crippen molar-refractivity contribution in [3.05, 3.63) is 35.9 Å². The second-order valence-electron chi connectivity index (χ2n) is 5.97. The Kier molecular flexibility index (Phi) is 5.37. The molecule has 0 bridgehead atoms. The first-order valence-corrected chi connectivity index (χ1v) is 8.58. The Morgan fingerprint density at radius 1 is 1.08 bits per heavy atom. The number of nitrogens with zero attached hydrogens (tertiary/aromatic N) is 6. The van der Waals surface area contributed by atoms with E-state index in [0.717, 1.165) is 44.2 Å². The highest BCUT2D eigenvalue weighted by molar-refractivity contribution is 5.92. The van der Waals surface area contributed by atoms with E-state index < -0.39 is 0 Å². The third-order valence-corrected chi connectivity index (χ3v) is 4.01. The summed E-state index contributed by atoms with van der Waals surface area (Å²) in [5.74, 6) is 1.20. The Balaban J connectivity index is 1.68. The molecule has 0 saturated carbocycles. The van der Waals surface area contributed by atoms with Crippen molar-refractivity contribution in [1.29, 1.82) is 0 Å². The standard InChI is InChI=1S/C17H23N7O/c1-3-5-18-15(25)14-12-13(2)21-17(22-14)24-10-8-23(9-11-24)16-19-6-4-7-20-16/h4,6-7,12H,3,5,8-11H2,1-2H3,(H,18,25). The van der Waals surface area contributed by atoms with Crippen LogP contribution in [0.2, 0.25) is 0 Å². The molecule has 25 heavy (non-hydrogen) atoms. The van der Waals surface area contributed by atoms with Crippen molar-refractivity contribution < 1.29 is 4.79 Å². The lowest BCUT2D eigenvalue weighted by molar-refractivity contribution is 0.0948.